The predicted octanol–water partition coefficient (Wildman–Crippen LogP) is 3.82. The molecule has 158 valence electrons. The molecule has 0 aliphatic rings. The second kappa shape index (κ2) is 8.10. The molecule has 2 aromatic heterocycles. The van der Waals surface area contributed by atoms with Crippen LogP contribution in [0.2, 0.25) is 0 Å². The number of nitrogens with zero attached hydrogens (tertiary/aromatic N) is 2. The van der Waals surface area contributed by atoms with Crippen molar-refractivity contribution in [1.29, 1.82) is 0 Å². The number of ether oxygens (including phenoxy) is 2. The molecule has 0 saturated carbocycles. The van der Waals surface area contributed by atoms with E-state index in [1.54, 1.807) is 26.4 Å². The molecule has 0 saturated heterocycles. The number of aryl methyl sites for hydroxylation is 3. The van der Waals surface area contributed by atoms with E-state index in [2.05, 4.69) is 4.98 Å². The van der Waals surface area contributed by atoms with Gasteiger partial charge in [-0.1, -0.05) is 24.3 Å². The van der Waals surface area contributed by atoms with E-state index < -0.39 is 5.97 Å². The summed E-state index contributed by atoms with van der Waals surface area (Å²) in [4.78, 5) is 29.6. The molecule has 0 unspecified atom stereocenters. The van der Waals surface area contributed by atoms with E-state index >= 15 is 0 Å². The predicted molar refractivity (Wildman–Crippen MR) is 118 cm³/mol. The second-order valence-electron chi connectivity index (χ2n) is 7.32. The molecule has 0 amide bonds. The van der Waals surface area contributed by atoms with E-state index in [4.69, 9.17) is 9.47 Å². The van der Waals surface area contributed by atoms with E-state index in [1.165, 1.54) is 10.8 Å². The number of rotatable bonds is 6. The van der Waals surface area contributed by atoms with E-state index in [9.17, 15) is 14.7 Å². The molecule has 0 aliphatic carbocycles. The summed E-state index contributed by atoms with van der Waals surface area (Å²) < 4.78 is 12.0. The zero-order chi connectivity index (χ0) is 22.1. The molecular weight excluding hydrogens is 396 g/mol. The Morgan fingerprint density at radius 2 is 1.84 bits per heavy atom. The summed E-state index contributed by atoms with van der Waals surface area (Å²) in [5.41, 5.74) is 2.51. The number of aromatic carboxylic acids is 1. The number of pyridine rings is 2. The van der Waals surface area contributed by atoms with Gasteiger partial charge in [-0.2, -0.15) is 0 Å². The number of para-hydroxylation sites is 1. The van der Waals surface area contributed by atoms with Crippen LogP contribution in [0.15, 0.2) is 53.5 Å². The minimum absolute atomic E-state index is 0.00654. The van der Waals surface area contributed by atoms with Crippen LogP contribution in [0.3, 0.4) is 0 Å². The molecule has 0 bridgehead atoms. The Morgan fingerprint density at radius 3 is 2.55 bits per heavy atom. The molecule has 0 spiro atoms. The number of aromatic nitrogens is 2. The van der Waals surface area contributed by atoms with Gasteiger partial charge in [0, 0.05) is 18.1 Å². The third-order valence-corrected chi connectivity index (χ3v) is 5.40. The lowest BCUT2D eigenvalue weighted by Crippen LogP contribution is -2.23. The average Bonchev–Trinajstić information content (AvgIpc) is 2.77. The highest BCUT2D eigenvalue weighted by atomic mass is 16.5. The SMILES string of the molecule is COc1ccc(CCn2cc(C(=O)O)c3nc4c(C)cccc4cc3c2=O)cc1OC. The summed E-state index contributed by atoms with van der Waals surface area (Å²) in [6, 6.07) is 12.9. The van der Waals surface area contributed by atoms with Gasteiger partial charge in [-0.15, -0.1) is 0 Å². The van der Waals surface area contributed by atoms with Crippen molar-refractivity contribution in [2.45, 2.75) is 19.9 Å². The van der Waals surface area contributed by atoms with Gasteiger partial charge >= 0.3 is 5.97 Å². The molecule has 7 nitrogen and oxygen atoms in total. The molecule has 0 fully saturated rings. The minimum atomic E-state index is -1.12. The normalized spacial score (nSPS) is 11.1. The maximum absolute atomic E-state index is 13.2. The van der Waals surface area contributed by atoms with Gasteiger partial charge < -0.3 is 19.1 Å². The summed E-state index contributed by atoms with van der Waals surface area (Å²) in [5.74, 6) is 0.101. The van der Waals surface area contributed by atoms with Crippen molar-refractivity contribution in [3.05, 3.63) is 75.7 Å². The fourth-order valence-electron chi connectivity index (χ4n) is 3.75. The summed E-state index contributed by atoms with van der Waals surface area (Å²) in [6.07, 6.45) is 1.90. The lowest BCUT2D eigenvalue weighted by molar-refractivity contribution is 0.0698. The van der Waals surface area contributed by atoms with Crippen molar-refractivity contribution in [1.82, 2.24) is 9.55 Å². The Labute approximate surface area is 178 Å². The van der Waals surface area contributed by atoms with Crippen LogP contribution in [0.1, 0.15) is 21.5 Å². The summed E-state index contributed by atoms with van der Waals surface area (Å²) in [7, 11) is 3.13. The molecular formula is C24H22N2O5. The first-order valence-electron chi connectivity index (χ1n) is 9.80. The van der Waals surface area contributed by atoms with Crippen LogP contribution < -0.4 is 15.0 Å². The lowest BCUT2D eigenvalue weighted by Gasteiger charge is -2.13. The monoisotopic (exact) mass is 418 g/mol. The summed E-state index contributed by atoms with van der Waals surface area (Å²) in [6.45, 7) is 2.22. The van der Waals surface area contributed by atoms with Gasteiger partial charge in [0.2, 0.25) is 0 Å². The molecule has 7 heteroatoms. The first-order chi connectivity index (χ1) is 14.9. The number of fused-ring (bicyclic) bond motifs is 2. The topological polar surface area (TPSA) is 90.6 Å². The number of hydrogen-bond acceptors (Lipinski definition) is 5. The van der Waals surface area contributed by atoms with Crippen molar-refractivity contribution in [3.8, 4) is 11.5 Å². The average molecular weight is 418 g/mol. The highest BCUT2D eigenvalue weighted by Crippen LogP contribution is 2.28. The second-order valence-corrected chi connectivity index (χ2v) is 7.32. The zero-order valence-corrected chi connectivity index (χ0v) is 17.5. The molecule has 4 rings (SSSR count). The lowest BCUT2D eigenvalue weighted by atomic mass is 10.1. The number of benzene rings is 2. The van der Waals surface area contributed by atoms with Crippen LogP contribution in [0.4, 0.5) is 0 Å². The van der Waals surface area contributed by atoms with E-state index in [-0.39, 0.29) is 16.6 Å². The highest BCUT2D eigenvalue weighted by Gasteiger charge is 2.17. The van der Waals surface area contributed by atoms with Crippen molar-refractivity contribution in [2.75, 3.05) is 14.2 Å². The quantitative estimate of drug-likeness (QED) is 0.479. The molecule has 1 N–H and O–H groups in total. The van der Waals surface area contributed by atoms with Gasteiger partial charge in [0.25, 0.3) is 5.56 Å². The number of carboxylic acids is 1. The van der Waals surface area contributed by atoms with E-state index in [0.717, 1.165) is 16.5 Å². The number of methoxy groups -OCH3 is 2. The standard InChI is InChI=1S/C24H22N2O5/c1-14-5-4-6-16-12-17-22(25-21(14)16)18(24(28)29)13-26(23(17)27)10-9-15-7-8-19(30-2)20(11-15)31-3/h4-8,11-13H,9-10H2,1-3H3,(H,28,29). The van der Waals surface area contributed by atoms with Gasteiger partial charge in [-0.05, 0) is 42.7 Å². The Morgan fingerprint density at radius 1 is 1.06 bits per heavy atom. The van der Waals surface area contributed by atoms with Crippen LogP contribution in [0.5, 0.6) is 11.5 Å². The Hall–Kier alpha value is -3.87. The minimum Gasteiger partial charge on any atom is -0.493 e. The summed E-state index contributed by atoms with van der Waals surface area (Å²) >= 11 is 0. The third kappa shape index (κ3) is 3.70. The largest absolute Gasteiger partial charge is 0.493 e. The Bertz CT molecular complexity index is 1370. The third-order valence-electron chi connectivity index (χ3n) is 5.40. The molecule has 0 aliphatic heterocycles. The first-order valence-corrected chi connectivity index (χ1v) is 9.80. The highest BCUT2D eigenvalue weighted by molar-refractivity contribution is 6.04. The van der Waals surface area contributed by atoms with Gasteiger partial charge in [0.05, 0.1) is 30.6 Å². The Kier molecular flexibility index (Phi) is 5.33. The Balaban J connectivity index is 1.80. The van der Waals surface area contributed by atoms with Crippen LogP contribution in [0.25, 0.3) is 21.8 Å². The molecule has 2 heterocycles. The van der Waals surface area contributed by atoms with Crippen molar-refractivity contribution < 1.29 is 19.4 Å². The van der Waals surface area contributed by atoms with Crippen molar-refractivity contribution in [3.63, 3.8) is 0 Å². The van der Waals surface area contributed by atoms with Crippen LogP contribution >= 0.6 is 0 Å². The zero-order valence-electron chi connectivity index (χ0n) is 17.5. The molecule has 4 aromatic rings. The van der Waals surface area contributed by atoms with Crippen LogP contribution in [-0.4, -0.2) is 34.8 Å². The van der Waals surface area contributed by atoms with E-state index in [0.29, 0.717) is 35.4 Å². The molecule has 31 heavy (non-hydrogen) atoms. The van der Waals surface area contributed by atoms with Crippen molar-refractivity contribution in [2.24, 2.45) is 0 Å². The first kappa shape index (κ1) is 20.4. The fraction of sp³-hybridized carbons (Fsp3) is 0.208. The maximum atomic E-state index is 13.2. The number of carbonyl (C=O) groups is 1. The van der Waals surface area contributed by atoms with Gasteiger partial charge in [0.1, 0.15) is 5.56 Å². The fourth-order valence-corrected chi connectivity index (χ4v) is 3.75. The van der Waals surface area contributed by atoms with Crippen molar-refractivity contribution >= 4 is 27.8 Å². The van der Waals surface area contributed by atoms with Crippen LogP contribution in [0, 0.1) is 6.92 Å². The van der Waals surface area contributed by atoms with Gasteiger partial charge in [-0.25, -0.2) is 9.78 Å². The maximum Gasteiger partial charge on any atom is 0.339 e. The molecule has 2 aromatic carbocycles. The summed E-state index contributed by atoms with van der Waals surface area (Å²) in [5, 5.41) is 10.9. The molecule has 0 atom stereocenters. The smallest absolute Gasteiger partial charge is 0.339 e. The number of carboxylic acid groups (broad SMARTS) is 1. The van der Waals surface area contributed by atoms with E-state index in [1.807, 2.05) is 37.3 Å². The van der Waals surface area contributed by atoms with Gasteiger partial charge in [0.15, 0.2) is 11.5 Å². The van der Waals surface area contributed by atoms with Crippen LogP contribution in [-0.2, 0) is 13.0 Å². The molecule has 0 radical (unpaired) electrons. The van der Waals surface area contributed by atoms with Gasteiger partial charge in [-0.3, -0.25) is 4.79 Å². The number of hydrogen-bond donors (Lipinski definition) is 1.